The number of hydrogen-bond acceptors (Lipinski definition) is 10. The van der Waals surface area contributed by atoms with Gasteiger partial charge in [0.25, 0.3) is 5.91 Å². The number of benzene rings is 2. The van der Waals surface area contributed by atoms with E-state index in [1.54, 1.807) is 31.2 Å². The van der Waals surface area contributed by atoms with Crippen LogP contribution in [-0.2, 0) is 24.1 Å². The van der Waals surface area contributed by atoms with Gasteiger partial charge in [0, 0.05) is 13.2 Å². The van der Waals surface area contributed by atoms with Crippen LogP contribution >= 0.6 is 11.3 Å². The molecule has 2 aliphatic rings. The average molecular weight is 603 g/mol. The van der Waals surface area contributed by atoms with Crippen LogP contribution in [0, 0.1) is 0 Å². The van der Waals surface area contributed by atoms with Crippen LogP contribution < -0.4 is 14.8 Å². The van der Waals surface area contributed by atoms with Gasteiger partial charge in [0.2, 0.25) is 5.06 Å². The number of nitrogens with one attached hydrogen (secondary N) is 1. The van der Waals surface area contributed by atoms with Gasteiger partial charge in [0.1, 0.15) is 5.56 Å². The lowest BCUT2D eigenvalue weighted by molar-refractivity contribution is -0.136. The van der Waals surface area contributed by atoms with Crippen LogP contribution in [0.4, 0.5) is 5.13 Å². The number of nitrogens with zero attached hydrogens (tertiary/aromatic N) is 1. The summed E-state index contributed by atoms with van der Waals surface area (Å²) in [6, 6.07) is 10.8. The first-order valence-corrected chi connectivity index (χ1v) is 15.6. The van der Waals surface area contributed by atoms with Crippen LogP contribution in [0.25, 0.3) is 0 Å². The number of carbonyl (C=O) groups is 2. The van der Waals surface area contributed by atoms with Gasteiger partial charge in [0.05, 0.1) is 29.1 Å². The highest BCUT2D eigenvalue weighted by Crippen LogP contribution is 2.38. The highest BCUT2D eigenvalue weighted by atomic mass is 32.2. The van der Waals surface area contributed by atoms with Gasteiger partial charge in [0.15, 0.2) is 32.6 Å². The number of anilines is 1. The maximum atomic E-state index is 13.5. The molecule has 41 heavy (non-hydrogen) atoms. The summed E-state index contributed by atoms with van der Waals surface area (Å²) in [5.41, 5.74) is 0.482. The molecule has 0 radical (unpaired) electrons. The standard InChI is InChI=1S/C28H30N2O9S2/c1-2-37-25-21(27(32)33)4-3-5-22(25)39-23-16-29-28(40-23)30-26(31)24(38-18-12-14-36-15-13-18)17-6-8-19(9-7-17)41(34,35)20-10-11-20/h3-9,16,18,20,24H,2,10-15H2,1H3,(H,32,33)(H,29,30,31). The fourth-order valence-electron chi connectivity index (χ4n) is 4.40. The van der Waals surface area contributed by atoms with Crippen molar-refractivity contribution in [2.24, 2.45) is 0 Å². The first kappa shape index (κ1) is 29.0. The molecule has 5 rings (SSSR count). The van der Waals surface area contributed by atoms with Gasteiger partial charge in [-0.25, -0.2) is 18.2 Å². The molecule has 2 fully saturated rings. The Hall–Kier alpha value is -3.52. The Kier molecular flexibility index (Phi) is 8.88. The Morgan fingerprint density at radius 1 is 1.12 bits per heavy atom. The Morgan fingerprint density at radius 3 is 2.51 bits per heavy atom. The van der Waals surface area contributed by atoms with E-state index in [0.29, 0.717) is 49.5 Å². The number of hydrogen-bond donors (Lipinski definition) is 2. The molecule has 13 heteroatoms. The number of sulfone groups is 1. The molecule has 2 aromatic carbocycles. The van der Waals surface area contributed by atoms with Crippen molar-refractivity contribution in [3.63, 3.8) is 0 Å². The van der Waals surface area contributed by atoms with E-state index in [1.807, 2.05) is 0 Å². The molecule has 11 nitrogen and oxygen atoms in total. The number of carboxylic acid groups (broad SMARTS) is 1. The lowest BCUT2D eigenvalue weighted by Gasteiger charge is -2.27. The van der Waals surface area contributed by atoms with Crippen molar-refractivity contribution >= 4 is 38.2 Å². The van der Waals surface area contributed by atoms with Crippen molar-refractivity contribution in [2.45, 2.75) is 55.0 Å². The molecule has 0 bridgehead atoms. The number of amides is 1. The lowest BCUT2D eigenvalue weighted by Crippen LogP contribution is -2.31. The molecule has 1 saturated carbocycles. The van der Waals surface area contributed by atoms with Gasteiger partial charge < -0.3 is 24.1 Å². The van der Waals surface area contributed by atoms with E-state index >= 15 is 0 Å². The van der Waals surface area contributed by atoms with Crippen molar-refractivity contribution < 1.29 is 42.1 Å². The summed E-state index contributed by atoms with van der Waals surface area (Å²) in [4.78, 5) is 29.5. The number of carbonyl (C=O) groups excluding carboxylic acids is 1. The second kappa shape index (κ2) is 12.6. The molecule has 1 aliphatic carbocycles. The summed E-state index contributed by atoms with van der Waals surface area (Å²) in [6.07, 6.45) is 2.79. The summed E-state index contributed by atoms with van der Waals surface area (Å²) in [6.45, 7) is 3.03. The van der Waals surface area contributed by atoms with Crippen molar-refractivity contribution in [1.82, 2.24) is 4.98 Å². The molecule has 2 heterocycles. The Balaban J connectivity index is 1.33. The predicted octanol–water partition coefficient (Wildman–Crippen LogP) is 4.84. The molecule has 218 valence electrons. The minimum absolute atomic E-state index is 0.0357. The maximum absolute atomic E-state index is 13.5. The Labute approximate surface area is 241 Å². The number of aromatic carboxylic acids is 1. The highest BCUT2D eigenvalue weighted by molar-refractivity contribution is 7.92. The van der Waals surface area contributed by atoms with Gasteiger partial charge in [-0.1, -0.05) is 29.5 Å². The molecule has 1 aliphatic heterocycles. The third-order valence-electron chi connectivity index (χ3n) is 6.63. The zero-order valence-corrected chi connectivity index (χ0v) is 23.9. The number of ether oxygens (including phenoxy) is 4. The van der Waals surface area contributed by atoms with Crippen LogP contribution in [0.15, 0.2) is 53.6 Å². The number of thiazole rings is 1. The molecule has 0 spiro atoms. The molecule has 1 amide bonds. The minimum Gasteiger partial charge on any atom is -0.489 e. The van der Waals surface area contributed by atoms with Crippen LogP contribution in [-0.4, -0.2) is 61.6 Å². The Bertz CT molecular complexity index is 1490. The second-order valence-electron chi connectivity index (χ2n) is 9.59. The van der Waals surface area contributed by atoms with E-state index in [4.69, 9.17) is 18.9 Å². The maximum Gasteiger partial charge on any atom is 0.339 e. The molecule has 2 N–H and O–H groups in total. The van der Waals surface area contributed by atoms with Crippen molar-refractivity contribution in [2.75, 3.05) is 25.1 Å². The highest BCUT2D eigenvalue weighted by Gasteiger charge is 2.37. The zero-order chi connectivity index (χ0) is 29.0. The van der Waals surface area contributed by atoms with E-state index in [1.165, 1.54) is 24.4 Å². The topological polar surface area (TPSA) is 150 Å². The monoisotopic (exact) mass is 602 g/mol. The quantitative estimate of drug-likeness (QED) is 0.295. The fraction of sp³-hybridized carbons (Fsp3) is 0.393. The van der Waals surface area contributed by atoms with Crippen LogP contribution in [0.1, 0.15) is 54.6 Å². The predicted molar refractivity (Wildman–Crippen MR) is 150 cm³/mol. The zero-order valence-electron chi connectivity index (χ0n) is 22.3. The fourth-order valence-corrected chi connectivity index (χ4v) is 6.74. The summed E-state index contributed by atoms with van der Waals surface area (Å²) < 4.78 is 48.3. The minimum atomic E-state index is -3.36. The van der Waals surface area contributed by atoms with Gasteiger partial charge in [-0.05, 0) is 62.4 Å². The summed E-state index contributed by atoms with van der Waals surface area (Å²) in [5, 5.41) is 12.5. The molecular formula is C28H30N2O9S2. The molecular weight excluding hydrogens is 572 g/mol. The number of para-hydroxylation sites is 1. The van der Waals surface area contributed by atoms with Gasteiger partial charge >= 0.3 is 5.97 Å². The molecule has 1 saturated heterocycles. The number of carboxylic acids is 1. The third kappa shape index (κ3) is 6.87. The van der Waals surface area contributed by atoms with Gasteiger partial charge in [-0.2, -0.15) is 0 Å². The van der Waals surface area contributed by atoms with E-state index in [0.717, 1.165) is 11.3 Å². The van der Waals surface area contributed by atoms with Crippen molar-refractivity contribution in [3.8, 4) is 16.6 Å². The first-order valence-electron chi connectivity index (χ1n) is 13.3. The Morgan fingerprint density at radius 2 is 1.85 bits per heavy atom. The SMILES string of the molecule is CCOc1c(Oc2cnc(NC(=O)C(OC3CCOCC3)c3ccc(S(=O)(=O)C4CC4)cc3)s2)cccc1C(=O)O. The summed E-state index contributed by atoms with van der Waals surface area (Å²) in [7, 11) is -3.36. The molecule has 1 unspecified atom stereocenters. The summed E-state index contributed by atoms with van der Waals surface area (Å²) in [5.74, 6) is -1.32. The number of aromatic nitrogens is 1. The lowest BCUT2D eigenvalue weighted by atomic mass is 10.1. The van der Waals surface area contributed by atoms with E-state index < -0.39 is 27.8 Å². The van der Waals surface area contributed by atoms with Crippen LogP contribution in [0.5, 0.6) is 16.6 Å². The van der Waals surface area contributed by atoms with Gasteiger partial charge in [-0.15, -0.1) is 0 Å². The third-order valence-corrected chi connectivity index (χ3v) is 9.70. The van der Waals surface area contributed by atoms with Crippen LogP contribution in [0.2, 0.25) is 0 Å². The van der Waals surface area contributed by atoms with E-state index in [9.17, 15) is 23.1 Å². The smallest absolute Gasteiger partial charge is 0.339 e. The van der Waals surface area contributed by atoms with E-state index in [-0.39, 0.29) is 45.1 Å². The first-order chi connectivity index (χ1) is 19.8. The normalized spacial score (nSPS) is 16.6. The summed E-state index contributed by atoms with van der Waals surface area (Å²) >= 11 is 1.05. The van der Waals surface area contributed by atoms with Crippen molar-refractivity contribution in [3.05, 3.63) is 59.8 Å². The average Bonchev–Trinajstić information content (AvgIpc) is 3.75. The van der Waals surface area contributed by atoms with Crippen molar-refractivity contribution in [1.29, 1.82) is 0 Å². The molecule has 3 aromatic rings. The van der Waals surface area contributed by atoms with Gasteiger partial charge in [-0.3, -0.25) is 10.1 Å². The second-order valence-corrected chi connectivity index (χ2v) is 12.8. The van der Waals surface area contributed by atoms with E-state index in [2.05, 4.69) is 10.3 Å². The van der Waals surface area contributed by atoms with Crippen LogP contribution in [0.3, 0.4) is 0 Å². The molecule has 1 atom stereocenters. The largest absolute Gasteiger partial charge is 0.489 e. The molecule has 1 aromatic heterocycles. The number of rotatable bonds is 12.